The van der Waals surface area contributed by atoms with Crippen LogP contribution in [0.5, 0.6) is 0 Å². The van der Waals surface area contributed by atoms with E-state index in [1.165, 1.54) is 0 Å². The van der Waals surface area contributed by atoms with Gasteiger partial charge in [-0.15, -0.1) is 0 Å². The molecule has 0 saturated heterocycles. The van der Waals surface area contributed by atoms with E-state index in [0.29, 0.717) is 11.2 Å². The van der Waals surface area contributed by atoms with E-state index >= 15 is 0 Å². The fourth-order valence-corrected chi connectivity index (χ4v) is 7.71. The summed E-state index contributed by atoms with van der Waals surface area (Å²) in [5.41, 5.74) is 3.88. The lowest BCUT2D eigenvalue weighted by Crippen LogP contribution is -1.99. The van der Waals surface area contributed by atoms with Crippen LogP contribution in [-0.2, 0) is 0 Å². The van der Waals surface area contributed by atoms with Crippen molar-refractivity contribution in [3.05, 3.63) is 176 Å². The van der Waals surface area contributed by atoms with E-state index in [9.17, 15) is 5.48 Å². The molecule has 236 valence electrons. The van der Waals surface area contributed by atoms with Crippen LogP contribution in [0.2, 0.25) is 0 Å². The Morgan fingerprint density at radius 3 is 1.69 bits per heavy atom. The summed E-state index contributed by atoms with van der Waals surface area (Å²) >= 11 is 0. The fourth-order valence-electron chi connectivity index (χ4n) is 7.71. The van der Waals surface area contributed by atoms with Crippen LogP contribution in [0.4, 0.5) is 0 Å². The van der Waals surface area contributed by atoms with Crippen molar-refractivity contribution in [2.75, 3.05) is 0 Å². The van der Waals surface area contributed by atoms with Crippen LogP contribution in [0.1, 0.15) is 8.22 Å². The predicted molar refractivity (Wildman–Crippen MR) is 215 cm³/mol. The molecule has 0 amide bonds. The number of para-hydroxylation sites is 1. The molecule has 11 rings (SSSR count). The van der Waals surface area contributed by atoms with E-state index in [2.05, 4.69) is 36.4 Å². The summed E-state index contributed by atoms with van der Waals surface area (Å²) in [6.45, 7) is 0. The molecule has 2 aromatic heterocycles. The highest BCUT2D eigenvalue weighted by Gasteiger charge is 2.20. The summed E-state index contributed by atoms with van der Waals surface area (Å²) < 4.78 is 58.3. The Bertz CT molecular complexity index is 3460. The van der Waals surface area contributed by atoms with Gasteiger partial charge in [0.1, 0.15) is 0 Å². The lowest BCUT2D eigenvalue weighted by molar-refractivity contribution is 1.20. The zero-order valence-electron chi connectivity index (χ0n) is 33.1. The van der Waals surface area contributed by atoms with Gasteiger partial charge in [-0.3, -0.25) is 0 Å². The number of hydrogen-bond acceptors (Lipinski definition) is 2. The highest BCUT2D eigenvalue weighted by Crippen LogP contribution is 2.41. The second-order valence-electron chi connectivity index (χ2n) is 12.9. The Kier molecular flexibility index (Phi) is 4.83. The van der Waals surface area contributed by atoms with Crippen molar-refractivity contribution in [1.29, 1.82) is 0 Å². The Balaban J connectivity index is 1.31. The minimum Gasteiger partial charge on any atom is -0.309 e. The maximum absolute atomic E-state index is 9.88. The summed E-state index contributed by atoms with van der Waals surface area (Å²) in [6, 6.07) is 44.3. The standard InChI is InChI=1S/C48H29N3/c1-3-15-33-28-45-41(26-31(33)13-1)42-27-32-14-2-4-16-34(32)29-46(42)51(45)44-25-24-39(36-19-7-8-20-37(36)44)48-49-43-23-10-9-21-40(43)47(50-48)38-22-11-17-30-12-5-6-18-35(30)38/h1-29H/i7D,8D,19D,20D,24D,25D. The van der Waals surface area contributed by atoms with E-state index in [0.717, 1.165) is 65.1 Å². The SMILES string of the molecule is [2H]c1c([2H])c([2H])c2c(-n3c4cc5ccccc5cc4c4cc5ccccc5cc43)c([2H])c([2H])c(-c3nc(-c4cccc5ccccc45)c4ccccc4n3)c2c1[2H]. The second kappa shape index (κ2) is 10.8. The van der Waals surface area contributed by atoms with Crippen molar-refractivity contribution in [3.8, 4) is 28.3 Å². The van der Waals surface area contributed by atoms with Crippen LogP contribution in [0.25, 0.3) is 104 Å². The number of nitrogens with zero attached hydrogens (tertiary/aromatic N) is 3. The molecule has 3 heteroatoms. The topological polar surface area (TPSA) is 30.7 Å². The van der Waals surface area contributed by atoms with Gasteiger partial charge in [0, 0.05) is 32.7 Å². The summed E-state index contributed by atoms with van der Waals surface area (Å²) in [6.07, 6.45) is 0. The Labute approximate surface area is 302 Å². The molecule has 0 saturated carbocycles. The summed E-state index contributed by atoms with van der Waals surface area (Å²) in [4.78, 5) is 10.1. The molecule has 2 heterocycles. The summed E-state index contributed by atoms with van der Waals surface area (Å²) in [7, 11) is 0. The van der Waals surface area contributed by atoms with E-state index in [1.54, 1.807) is 0 Å². The monoisotopic (exact) mass is 653 g/mol. The van der Waals surface area contributed by atoms with E-state index < -0.39 is 12.1 Å². The molecular formula is C48H29N3. The Morgan fingerprint density at radius 2 is 0.980 bits per heavy atom. The largest absolute Gasteiger partial charge is 0.309 e. The highest BCUT2D eigenvalue weighted by molar-refractivity contribution is 6.18. The maximum atomic E-state index is 9.88. The van der Waals surface area contributed by atoms with Gasteiger partial charge in [-0.05, 0) is 80.1 Å². The van der Waals surface area contributed by atoms with Gasteiger partial charge in [-0.1, -0.05) is 133 Å². The minimum absolute atomic E-state index is 0.0784. The number of fused-ring (bicyclic) bond motifs is 8. The molecule has 11 aromatic rings. The van der Waals surface area contributed by atoms with Gasteiger partial charge in [-0.2, -0.15) is 0 Å². The number of hydrogen-bond donors (Lipinski definition) is 0. The molecule has 0 aliphatic carbocycles. The average Bonchev–Trinajstić information content (AvgIpc) is 3.54. The first kappa shape index (κ1) is 22.7. The quantitative estimate of drug-likeness (QED) is 0.190. The first-order valence-corrected chi connectivity index (χ1v) is 16.9. The Hall–Kier alpha value is -6.84. The van der Waals surface area contributed by atoms with Gasteiger partial charge >= 0.3 is 0 Å². The molecule has 0 bridgehead atoms. The average molecular weight is 654 g/mol. The molecule has 9 aromatic carbocycles. The van der Waals surface area contributed by atoms with Crippen LogP contribution < -0.4 is 0 Å². The van der Waals surface area contributed by atoms with Crippen molar-refractivity contribution in [2.24, 2.45) is 0 Å². The maximum Gasteiger partial charge on any atom is 0.161 e. The minimum atomic E-state index is -0.439. The van der Waals surface area contributed by atoms with Crippen molar-refractivity contribution in [3.63, 3.8) is 0 Å². The van der Waals surface area contributed by atoms with Crippen LogP contribution in [-0.4, -0.2) is 14.5 Å². The van der Waals surface area contributed by atoms with Crippen molar-refractivity contribution in [2.45, 2.75) is 0 Å². The summed E-state index contributed by atoms with van der Waals surface area (Å²) in [5.74, 6) is 0.107. The van der Waals surface area contributed by atoms with E-state index in [4.69, 9.17) is 12.7 Å². The van der Waals surface area contributed by atoms with E-state index in [-0.39, 0.29) is 52.0 Å². The van der Waals surface area contributed by atoms with Crippen LogP contribution in [0, 0.1) is 0 Å². The normalized spacial score (nSPS) is 13.6. The molecule has 0 aliphatic heterocycles. The van der Waals surface area contributed by atoms with Gasteiger partial charge in [0.2, 0.25) is 0 Å². The van der Waals surface area contributed by atoms with Gasteiger partial charge in [0.05, 0.1) is 36.2 Å². The molecule has 0 fully saturated rings. The van der Waals surface area contributed by atoms with Crippen LogP contribution >= 0.6 is 0 Å². The number of aromatic nitrogens is 3. The lowest BCUT2D eigenvalue weighted by atomic mass is 9.98. The van der Waals surface area contributed by atoms with Crippen LogP contribution in [0.15, 0.2) is 176 Å². The van der Waals surface area contributed by atoms with E-state index in [1.807, 2.05) is 108 Å². The van der Waals surface area contributed by atoms with Gasteiger partial charge in [-0.25, -0.2) is 9.97 Å². The molecule has 0 N–H and O–H groups in total. The number of rotatable bonds is 3. The smallest absolute Gasteiger partial charge is 0.161 e. The second-order valence-corrected chi connectivity index (χ2v) is 12.9. The molecule has 0 spiro atoms. The molecule has 0 aliphatic rings. The lowest BCUT2D eigenvalue weighted by Gasteiger charge is -2.16. The molecule has 51 heavy (non-hydrogen) atoms. The molecule has 3 nitrogen and oxygen atoms in total. The predicted octanol–water partition coefficient (Wildman–Crippen LogP) is 12.7. The summed E-state index contributed by atoms with van der Waals surface area (Å²) in [5, 5.41) is 8.92. The van der Waals surface area contributed by atoms with Gasteiger partial charge in [0.15, 0.2) is 5.82 Å². The molecule has 0 atom stereocenters. The first-order chi connectivity index (χ1) is 27.8. The van der Waals surface area contributed by atoms with Crippen molar-refractivity contribution in [1.82, 2.24) is 14.5 Å². The van der Waals surface area contributed by atoms with Crippen LogP contribution in [0.3, 0.4) is 0 Å². The third-order valence-electron chi connectivity index (χ3n) is 10.1. The molecule has 0 unspecified atom stereocenters. The fraction of sp³-hybridized carbons (Fsp3) is 0. The van der Waals surface area contributed by atoms with Crippen molar-refractivity contribution >= 4 is 75.8 Å². The third-order valence-corrected chi connectivity index (χ3v) is 10.1. The van der Waals surface area contributed by atoms with Gasteiger partial charge in [0.25, 0.3) is 0 Å². The Morgan fingerprint density at radius 1 is 0.412 bits per heavy atom. The van der Waals surface area contributed by atoms with Crippen molar-refractivity contribution < 1.29 is 8.22 Å². The highest BCUT2D eigenvalue weighted by atomic mass is 15.0. The van der Waals surface area contributed by atoms with Gasteiger partial charge < -0.3 is 4.57 Å². The number of benzene rings is 9. The molecule has 0 radical (unpaired) electrons. The zero-order chi connectivity index (χ0) is 38.7. The first-order valence-electron chi connectivity index (χ1n) is 19.9. The zero-order valence-corrected chi connectivity index (χ0v) is 27.1. The third kappa shape index (κ3) is 4.25. The molecular weight excluding hydrogens is 619 g/mol.